The fourth-order valence-corrected chi connectivity index (χ4v) is 1.61. The number of ether oxygens (including phenoxy) is 2. The molecular formula is C12H20O4. The van der Waals surface area contributed by atoms with Crippen LogP contribution in [-0.2, 0) is 19.1 Å². The molecule has 0 spiro atoms. The van der Waals surface area contributed by atoms with E-state index in [-0.39, 0.29) is 17.4 Å². The summed E-state index contributed by atoms with van der Waals surface area (Å²) in [5.41, 5.74) is 0.176. The second kappa shape index (κ2) is 5.32. The maximum atomic E-state index is 10.7. The van der Waals surface area contributed by atoms with Crippen molar-refractivity contribution in [2.75, 3.05) is 13.2 Å². The molecule has 0 aliphatic carbocycles. The second-order valence-corrected chi connectivity index (χ2v) is 5.30. The fraction of sp³-hybridized carbons (Fsp3) is 0.833. The van der Waals surface area contributed by atoms with E-state index < -0.39 is 0 Å². The van der Waals surface area contributed by atoms with Crippen molar-refractivity contribution in [1.82, 2.24) is 0 Å². The first-order valence-electron chi connectivity index (χ1n) is 5.70. The minimum atomic E-state index is -0.0498. The molecule has 1 unspecified atom stereocenters. The molecule has 0 saturated carbocycles. The quantitative estimate of drug-likeness (QED) is 0.594. The molecule has 2 heterocycles. The van der Waals surface area contributed by atoms with Crippen molar-refractivity contribution < 1.29 is 19.1 Å². The number of cyclic esters (lactones) is 2. The van der Waals surface area contributed by atoms with Crippen LogP contribution in [0.1, 0.15) is 40.0 Å². The third-order valence-corrected chi connectivity index (χ3v) is 2.71. The molecule has 2 rings (SSSR count). The van der Waals surface area contributed by atoms with Gasteiger partial charge in [0.1, 0.15) is 0 Å². The zero-order valence-electron chi connectivity index (χ0n) is 10.2. The molecular weight excluding hydrogens is 208 g/mol. The molecule has 0 aromatic heterocycles. The van der Waals surface area contributed by atoms with Crippen molar-refractivity contribution in [1.29, 1.82) is 0 Å². The number of carbonyl (C=O) groups is 2. The van der Waals surface area contributed by atoms with Gasteiger partial charge in [-0.15, -0.1) is 0 Å². The van der Waals surface area contributed by atoms with E-state index in [1.54, 1.807) is 0 Å². The van der Waals surface area contributed by atoms with Gasteiger partial charge < -0.3 is 9.47 Å². The van der Waals surface area contributed by atoms with Gasteiger partial charge in [0, 0.05) is 5.92 Å². The fourth-order valence-electron chi connectivity index (χ4n) is 1.61. The van der Waals surface area contributed by atoms with Gasteiger partial charge in [0.05, 0.1) is 26.1 Å². The van der Waals surface area contributed by atoms with Gasteiger partial charge in [-0.1, -0.05) is 20.8 Å². The summed E-state index contributed by atoms with van der Waals surface area (Å²) in [6, 6.07) is 0. The zero-order valence-corrected chi connectivity index (χ0v) is 10.2. The molecule has 92 valence electrons. The lowest BCUT2D eigenvalue weighted by Gasteiger charge is -2.27. The first-order valence-corrected chi connectivity index (χ1v) is 5.70. The Morgan fingerprint density at radius 1 is 1.19 bits per heavy atom. The summed E-state index contributed by atoms with van der Waals surface area (Å²) in [7, 11) is 0. The molecule has 4 nitrogen and oxygen atoms in total. The second-order valence-electron chi connectivity index (χ2n) is 5.30. The highest BCUT2D eigenvalue weighted by molar-refractivity contribution is 5.71. The molecule has 4 heteroatoms. The Balaban J connectivity index is 0.000000165. The minimum absolute atomic E-state index is 0.0486. The molecule has 0 N–H and O–H groups in total. The molecule has 2 aliphatic rings. The third kappa shape index (κ3) is 4.64. The summed E-state index contributed by atoms with van der Waals surface area (Å²) in [6.07, 6.45) is 2.19. The third-order valence-electron chi connectivity index (χ3n) is 2.71. The van der Waals surface area contributed by atoms with Gasteiger partial charge in [-0.3, -0.25) is 9.59 Å². The van der Waals surface area contributed by atoms with Crippen LogP contribution >= 0.6 is 0 Å². The van der Waals surface area contributed by atoms with Crippen LogP contribution in [0.5, 0.6) is 0 Å². The van der Waals surface area contributed by atoms with E-state index in [0.29, 0.717) is 32.0 Å². The van der Waals surface area contributed by atoms with Crippen LogP contribution in [0, 0.1) is 11.3 Å². The van der Waals surface area contributed by atoms with Gasteiger partial charge in [0.2, 0.25) is 0 Å². The van der Waals surface area contributed by atoms with Crippen LogP contribution in [0.25, 0.3) is 0 Å². The molecule has 16 heavy (non-hydrogen) atoms. The summed E-state index contributed by atoms with van der Waals surface area (Å²) >= 11 is 0. The number of hydrogen-bond acceptors (Lipinski definition) is 4. The minimum Gasteiger partial charge on any atom is -0.466 e. The Morgan fingerprint density at radius 3 is 2.12 bits per heavy atom. The monoisotopic (exact) mass is 228 g/mol. The smallest absolute Gasteiger partial charge is 0.306 e. The summed E-state index contributed by atoms with van der Waals surface area (Å²) in [6.45, 7) is 7.41. The largest absolute Gasteiger partial charge is 0.466 e. The van der Waals surface area contributed by atoms with E-state index in [9.17, 15) is 9.59 Å². The van der Waals surface area contributed by atoms with Crippen LogP contribution in [0.3, 0.4) is 0 Å². The predicted molar refractivity (Wildman–Crippen MR) is 58.7 cm³/mol. The Bertz CT molecular complexity index is 270. The van der Waals surface area contributed by atoms with Gasteiger partial charge in [0.15, 0.2) is 0 Å². The van der Waals surface area contributed by atoms with Gasteiger partial charge in [-0.05, 0) is 11.8 Å². The van der Waals surface area contributed by atoms with Gasteiger partial charge >= 0.3 is 11.9 Å². The van der Waals surface area contributed by atoms with Crippen LogP contribution in [0.4, 0.5) is 0 Å². The number of carbonyl (C=O) groups excluding carboxylic acids is 2. The van der Waals surface area contributed by atoms with Crippen molar-refractivity contribution in [3.05, 3.63) is 0 Å². The topological polar surface area (TPSA) is 52.6 Å². The average molecular weight is 228 g/mol. The normalized spacial score (nSPS) is 27.6. The van der Waals surface area contributed by atoms with E-state index in [0.717, 1.165) is 6.42 Å². The molecule has 2 aliphatic heterocycles. The summed E-state index contributed by atoms with van der Waals surface area (Å²) in [5.74, 6) is 0.353. The average Bonchev–Trinajstić information content (AvgIpc) is 2.48. The van der Waals surface area contributed by atoms with Crippen LogP contribution in [0.2, 0.25) is 0 Å². The van der Waals surface area contributed by atoms with Gasteiger partial charge in [0.25, 0.3) is 0 Å². The van der Waals surface area contributed by atoms with E-state index in [1.165, 1.54) is 0 Å². The maximum Gasteiger partial charge on any atom is 0.306 e. The molecule has 1 atom stereocenters. The Labute approximate surface area is 96.3 Å². The lowest BCUT2D eigenvalue weighted by atomic mass is 9.85. The summed E-state index contributed by atoms with van der Waals surface area (Å²) in [4.78, 5) is 20.9. The van der Waals surface area contributed by atoms with Crippen molar-refractivity contribution in [3.8, 4) is 0 Å². The maximum absolute atomic E-state index is 10.7. The molecule has 0 amide bonds. The van der Waals surface area contributed by atoms with Crippen LogP contribution in [0.15, 0.2) is 0 Å². The first-order chi connectivity index (χ1) is 7.39. The Morgan fingerprint density at radius 2 is 1.88 bits per heavy atom. The first kappa shape index (κ1) is 13.0. The van der Waals surface area contributed by atoms with E-state index in [2.05, 4.69) is 18.6 Å². The van der Waals surface area contributed by atoms with Crippen molar-refractivity contribution in [2.45, 2.75) is 40.0 Å². The van der Waals surface area contributed by atoms with Crippen molar-refractivity contribution >= 4 is 11.9 Å². The number of esters is 2. The van der Waals surface area contributed by atoms with Gasteiger partial charge in [-0.2, -0.15) is 0 Å². The SMILES string of the molecule is CC1(C)CCOC(=O)C1.CC1COC(=O)C1. The van der Waals surface area contributed by atoms with Crippen molar-refractivity contribution in [2.24, 2.45) is 11.3 Å². The molecule has 0 bridgehead atoms. The van der Waals surface area contributed by atoms with Crippen LogP contribution < -0.4 is 0 Å². The lowest BCUT2D eigenvalue weighted by molar-refractivity contribution is -0.151. The summed E-state index contributed by atoms with van der Waals surface area (Å²) < 4.78 is 9.40. The Hall–Kier alpha value is -1.06. The van der Waals surface area contributed by atoms with Crippen molar-refractivity contribution in [3.63, 3.8) is 0 Å². The number of hydrogen-bond donors (Lipinski definition) is 0. The van der Waals surface area contributed by atoms with Crippen LogP contribution in [-0.4, -0.2) is 25.2 Å². The standard InChI is InChI=1S/C7H12O2.C5H8O2/c1-7(2)3-4-9-6(8)5-7;1-4-2-5(6)7-3-4/h3-5H2,1-2H3;4H,2-3H2,1H3. The van der Waals surface area contributed by atoms with E-state index in [1.807, 2.05) is 6.92 Å². The molecule has 2 saturated heterocycles. The highest BCUT2D eigenvalue weighted by Gasteiger charge is 2.27. The van der Waals surface area contributed by atoms with E-state index in [4.69, 9.17) is 4.74 Å². The lowest BCUT2D eigenvalue weighted by Crippen LogP contribution is -2.27. The van der Waals surface area contributed by atoms with E-state index >= 15 is 0 Å². The highest BCUT2D eigenvalue weighted by Crippen LogP contribution is 2.28. The van der Waals surface area contributed by atoms with Gasteiger partial charge in [-0.25, -0.2) is 0 Å². The summed E-state index contributed by atoms with van der Waals surface area (Å²) in [5, 5.41) is 0. The zero-order chi connectivity index (χ0) is 12.2. The Kier molecular flexibility index (Phi) is 4.33. The highest BCUT2D eigenvalue weighted by atomic mass is 16.5. The number of rotatable bonds is 0. The molecule has 0 radical (unpaired) electrons. The molecule has 0 aromatic rings. The molecule has 2 fully saturated rings. The molecule has 0 aromatic carbocycles. The predicted octanol–water partition coefficient (Wildman–Crippen LogP) is 1.92.